The van der Waals surface area contributed by atoms with E-state index in [1.807, 2.05) is 6.92 Å². The Bertz CT molecular complexity index is 227. The van der Waals surface area contributed by atoms with Crippen molar-refractivity contribution >= 4 is 5.97 Å². The lowest BCUT2D eigenvalue weighted by molar-refractivity contribution is -0.145. The topological polar surface area (TPSA) is 58.6 Å². The van der Waals surface area contributed by atoms with Gasteiger partial charge in [-0.2, -0.15) is 0 Å². The van der Waals surface area contributed by atoms with Gasteiger partial charge in [0.1, 0.15) is 5.54 Å². The van der Waals surface area contributed by atoms with E-state index in [-0.39, 0.29) is 0 Å². The van der Waals surface area contributed by atoms with Crippen LogP contribution in [0.25, 0.3) is 0 Å². The van der Waals surface area contributed by atoms with E-state index < -0.39 is 11.5 Å². The average Bonchev–Trinajstić information content (AvgIpc) is 2.34. The Morgan fingerprint density at radius 1 is 1.44 bits per heavy atom. The van der Waals surface area contributed by atoms with Crippen molar-refractivity contribution in [1.82, 2.24) is 5.32 Å². The number of ether oxygens (including phenoxy) is 1. The first-order valence-corrected chi connectivity index (χ1v) is 7.02. The van der Waals surface area contributed by atoms with Gasteiger partial charge in [0, 0.05) is 13.2 Å². The summed E-state index contributed by atoms with van der Waals surface area (Å²) in [6.45, 7) is 7.68. The molecule has 0 aliphatic carbocycles. The van der Waals surface area contributed by atoms with Gasteiger partial charge in [0.25, 0.3) is 0 Å². The normalized spacial score (nSPS) is 16.2. The van der Waals surface area contributed by atoms with E-state index >= 15 is 0 Å². The van der Waals surface area contributed by atoms with Crippen LogP contribution < -0.4 is 5.32 Å². The van der Waals surface area contributed by atoms with Gasteiger partial charge in [-0.3, -0.25) is 4.79 Å². The summed E-state index contributed by atoms with van der Waals surface area (Å²) in [7, 11) is 1.71. The van der Waals surface area contributed by atoms with E-state index in [4.69, 9.17) is 4.74 Å². The molecule has 0 spiro atoms. The quantitative estimate of drug-likeness (QED) is 0.560. The average molecular weight is 259 g/mol. The molecule has 0 fully saturated rings. The molecule has 0 bridgehead atoms. The number of nitrogens with one attached hydrogen (secondary N) is 1. The first kappa shape index (κ1) is 17.4. The van der Waals surface area contributed by atoms with E-state index in [0.29, 0.717) is 25.4 Å². The predicted octanol–water partition coefficient (Wildman–Crippen LogP) is 2.67. The van der Waals surface area contributed by atoms with Crippen LogP contribution in [0.4, 0.5) is 0 Å². The summed E-state index contributed by atoms with van der Waals surface area (Å²) in [6.07, 6.45) is 4.34. The SMILES string of the molecule is CCCC(C)COCCCC(CC)(NC)C(=O)O. The fourth-order valence-corrected chi connectivity index (χ4v) is 2.18. The molecule has 2 unspecified atom stereocenters. The number of hydrogen-bond acceptors (Lipinski definition) is 3. The summed E-state index contributed by atoms with van der Waals surface area (Å²) in [5, 5.41) is 12.2. The molecule has 0 aromatic heterocycles. The first-order chi connectivity index (χ1) is 8.52. The third-order valence-electron chi connectivity index (χ3n) is 3.57. The fourth-order valence-electron chi connectivity index (χ4n) is 2.18. The highest BCUT2D eigenvalue weighted by atomic mass is 16.5. The Morgan fingerprint density at radius 3 is 2.56 bits per heavy atom. The van der Waals surface area contributed by atoms with Gasteiger partial charge < -0.3 is 15.2 Å². The van der Waals surface area contributed by atoms with E-state index in [0.717, 1.165) is 13.0 Å². The monoisotopic (exact) mass is 259 g/mol. The van der Waals surface area contributed by atoms with E-state index in [9.17, 15) is 9.90 Å². The van der Waals surface area contributed by atoms with Crippen molar-refractivity contribution in [2.45, 2.75) is 58.4 Å². The van der Waals surface area contributed by atoms with Crippen LogP contribution in [-0.4, -0.2) is 36.9 Å². The molecule has 0 amide bonds. The zero-order valence-corrected chi connectivity index (χ0v) is 12.3. The molecule has 0 aliphatic rings. The van der Waals surface area contributed by atoms with Gasteiger partial charge in [0.2, 0.25) is 0 Å². The van der Waals surface area contributed by atoms with Crippen molar-refractivity contribution in [2.75, 3.05) is 20.3 Å². The van der Waals surface area contributed by atoms with Crippen molar-refractivity contribution in [3.63, 3.8) is 0 Å². The molecule has 0 aromatic rings. The molecule has 18 heavy (non-hydrogen) atoms. The van der Waals surface area contributed by atoms with Crippen LogP contribution in [0.5, 0.6) is 0 Å². The van der Waals surface area contributed by atoms with Gasteiger partial charge >= 0.3 is 5.97 Å². The second-order valence-corrected chi connectivity index (χ2v) is 5.06. The minimum Gasteiger partial charge on any atom is -0.480 e. The molecular weight excluding hydrogens is 230 g/mol. The Morgan fingerprint density at radius 2 is 2.11 bits per heavy atom. The number of rotatable bonds is 11. The van der Waals surface area contributed by atoms with Crippen LogP contribution in [0.3, 0.4) is 0 Å². The molecule has 0 heterocycles. The highest BCUT2D eigenvalue weighted by molar-refractivity contribution is 5.78. The number of hydrogen-bond donors (Lipinski definition) is 2. The fraction of sp³-hybridized carbons (Fsp3) is 0.929. The number of carbonyl (C=O) groups is 1. The smallest absolute Gasteiger partial charge is 0.323 e. The number of aliphatic carboxylic acids is 1. The van der Waals surface area contributed by atoms with Gasteiger partial charge in [0.15, 0.2) is 0 Å². The summed E-state index contributed by atoms with van der Waals surface area (Å²) in [6, 6.07) is 0. The lowest BCUT2D eigenvalue weighted by atomic mass is 9.91. The summed E-state index contributed by atoms with van der Waals surface area (Å²) in [5.41, 5.74) is -0.793. The van der Waals surface area contributed by atoms with Gasteiger partial charge in [0.05, 0.1) is 0 Å². The molecule has 4 heteroatoms. The molecule has 0 radical (unpaired) electrons. The van der Waals surface area contributed by atoms with Crippen LogP contribution >= 0.6 is 0 Å². The van der Waals surface area contributed by atoms with Crippen LogP contribution in [0.2, 0.25) is 0 Å². The lowest BCUT2D eigenvalue weighted by Crippen LogP contribution is -2.49. The van der Waals surface area contributed by atoms with Gasteiger partial charge in [-0.25, -0.2) is 0 Å². The van der Waals surface area contributed by atoms with Crippen molar-refractivity contribution in [3.05, 3.63) is 0 Å². The Kier molecular flexibility index (Phi) is 9.02. The van der Waals surface area contributed by atoms with Crippen LogP contribution in [0.15, 0.2) is 0 Å². The largest absolute Gasteiger partial charge is 0.480 e. The maximum absolute atomic E-state index is 11.2. The van der Waals surface area contributed by atoms with Gasteiger partial charge in [-0.05, 0) is 38.6 Å². The van der Waals surface area contributed by atoms with Crippen molar-refractivity contribution < 1.29 is 14.6 Å². The molecule has 108 valence electrons. The van der Waals surface area contributed by atoms with Gasteiger partial charge in [-0.15, -0.1) is 0 Å². The molecule has 0 aromatic carbocycles. The van der Waals surface area contributed by atoms with Crippen LogP contribution in [0, 0.1) is 5.92 Å². The summed E-state index contributed by atoms with van der Waals surface area (Å²) < 4.78 is 5.59. The molecule has 2 atom stereocenters. The highest BCUT2D eigenvalue weighted by Crippen LogP contribution is 2.17. The minimum absolute atomic E-state index is 0.588. The minimum atomic E-state index is -0.793. The highest BCUT2D eigenvalue weighted by Gasteiger charge is 2.33. The summed E-state index contributed by atoms with van der Waals surface area (Å²) >= 11 is 0. The molecule has 0 saturated carbocycles. The summed E-state index contributed by atoms with van der Waals surface area (Å²) in [5.74, 6) is -0.179. The number of carboxylic acids is 1. The number of likely N-dealkylation sites (N-methyl/N-ethyl adjacent to an activating group) is 1. The van der Waals surface area contributed by atoms with Crippen LogP contribution in [0.1, 0.15) is 52.9 Å². The Hall–Kier alpha value is -0.610. The molecule has 0 aliphatic heterocycles. The molecule has 4 nitrogen and oxygen atoms in total. The van der Waals surface area contributed by atoms with Gasteiger partial charge in [-0.1, -0.05) is 27.2 Å². The maximum atomic E-state index is 11.2. The maximum Gasteiger partial charge on any atom is 0.323 e. The van der Waals surface area contributed by atoms with E-state index in [1.54, 1.807) is 7.05 Å². The Balaban J connectivity index is 3.84. The lowest BCUT2D eigenvalue weighted by Gasteiger charge is -2.27. The number of carboxylic acid groups (broad SMARTS) is 1. The Labute approximate surface area is 111 Å². The van der Waals surface area contributed by atoms with E-state index in [1.165, 1.54) is 12.8 Å². The zero-order valence-electron chi connectivity index (χ0n) is 12.3. The van der Waals surface area contributed by atoms with Crippen molar-refractivity contribution in [2.24, 2.45) is 5.92 Å². The zero-order chi connectivity index (χ0) is 14.0. The van der Waals surface area contributed by atoms with Crippen molar-refractivity contribution in [1.29, 1.82) is 0 Å². The molecule has 2 N–H and O–H groups in total. The third-order valence-corrected chi connectivity index (χ3v) is 3.57. The summed E-state index contributed by atoms with van der Waals surface area (Å²) in [4.78, 5) is 11.2. The van der Waals surface area contributed by atoms with Crippen molar-refractivity contribution in [3.8, 4) is 0 Å². The molecular formula is C14H29NO3. The molecule has 0 saturated heterocycles. The standard InChI is InChI=1S/C14H29NO3/c1-5-8-12(3)11-18-10-7-9-14(6-2,15-4)13(16)17/h12,15H,5-11H2,1-4H3,(H,16,17). The molecule has 0 rings (SSSR count). The van der Waals surface area contributed by atoms with Crippen LogP contribution in [-0.2, 0) is 9.53 Å². The first-order valence-electron chi connectivity index (χ1n) is 7.02. The second-order valence-electron chi connectivity index (χ2n) is 5.06. The second kappa shape index (κ2) is 9.34. The third kappa shape index (κ3) is 5.83. The van der Waals surface area contributed by atoms with E-state index in [2.05, 4.69) is 19.2 Å². The predicted molar refractivity (Wildman–Crippen MR) is 73.8 cm³/mol.